The Labute approximate surface area is 127 Å². The lowest BCUT2D eigenvalue weighted by atomic mass is 10.1. The standard InChI is InChI=1S/C16H17BrN2O/c1-11-8-13(17)10-15(9-11)19-16(20)7-4-12-2-5-14(18)6-3-12/h2-3,5-6,8-10H,4,7,18H2,1H3,(H,19,20). The Hall–Kier alpha value is -1.81. The number of halogens is 1. The van der Waals surface area contributed by atoms with Gasteiger partial charge in [0.1, 0.15) is 0 Å². The number of nitrogens with two attached hydrogens (primary N) is 1. The Kier molecular flexibility index (Phi) is 4.79. The van der Waals surface area contributed by atoms with E-state index in [-0.39, 0.29) is 5.91 Å². The summed E-state index contributed by atoms with van der Waals surface area (Å²) in [5.74, 6) is 0.0133. The highest BCUT2D eigenvalue weighted by Crippen LogP contribution is 2.19. The molecule has 104 valence electrons. The SMILES string of the molecule is Cc1cc(Br)cc(NC(=O)CCc2ccc(N)cc2)c1. The smallest absolute Gasteiger partial charge is 0.224 e. The largest absolute Gasteiger partial charge is 0.399 e. The summed E-state index contributed by atoms with van der Waals surface area (Å²) in [5, 5.41) is 2.91. The summed E-state index contributed by atoms with van der Waals surface area (Å²) in [6.45, 7) is 1.99. The molecule has 0 unspecified atom stereocenters. The van der Waals surface area contributed by atoms with Crippen molar-refractivity contribution in [3.8, 4) is 0 Å². The lowest BCUT2D eigenvalue weighted by molar-refractivity contribution is -0.116. The second-order valence-corrected chi connectivity index (χ2v) is 5.72. The van der Waals surface area contributed by atoms with E-state index in [1.807, 2.05) is 49.4 Å². The van der Waals surface area contributed by atoms with Gasteiger partial charge in [-0.2, -0.15) is 0 Å². The molecule has 4 heteroatoms. The van der Waals surface area contributed by atoms with Crippen LogP contribution in [0.25, 0.3) is 0 Å². The van der Waals surface area contributed by atoms with Crippen molar-refractivity contribution >= 4 is 33.2 Å². The molecule has 0 atom stereocenters. The molecular weight excluding hydrogens is 316 g/mol. The number of hydrogen-bond donors (Lipinski definition) is 2. The van der Waals surface area contributed by atoms with E-state index in [2.05, 4.69) is 21.2 Å². The molecule has 0 saturated heterocycles. The third-order valence-electron chi connectivity index (χ3n) is 2.95. The fourth-order valence-electron chi connectivity index (χ4n) is 1.97. The van der Waals surface area contributed by atoms with Crippen LogP contribution >= 0.6 is 15.9 Å². The van der Waals surface area contributed by atoms with E-state index >= 15 is 0 Å². The van der Waals surface area contributed by atoms with E-state index in [0.29, 0.717) is 12.8 Å². The Balaban J connectivity index is 1.90. The van der Waals surface area contributed by atoms with Crippen LogP contribution in [0.2, 0.25) is 0 Å². The highest BCUT2D eigenvalue weighted by Gasteiger charge is 2.04. The zero-order chi connectivity index (χ0) is 14.5. The van der Waals surface area contributed by atoms with Crippen LogP contribution in [0.4, 0.5) is 11.4 Å². The van der Waals surface area contributed by atoms with E-state index in [4.69, 9.17) is 5.73 Å². The van der Waals surface area contributed by atoms with Crippen molar-refractivity contribution in [2.24, 2.45) is 0 Å². The topological polar surface area (TPSA) is 55.1 Å². The zero-order valence-electron chi connectivity index (χ0n) is 11.3. The number of carbonyl (C=O) groups is 1. The first-order chi connectivity index (χ1) is 9.52. The Bertz CT molecular complexity index is 588. The minimum absolute atomic E-state index is 0.0133. The molecule has 0 aromatic heterocycles. The predicted octanol–water partition coefficient (Wildman–Crippen LogP) is 3.91. The van der Waals surface area contributed by atoms with Gasteiger partial charge in [0.2, 0.25) is 5.91 Å². The lowest BCUT2D eigenvalue weighted by Crippen LogP contribution is -2.12. The van der Waals surface area contributed by atoms with Gasteiger partial charge >= 0.3 is 0 Å². The van der Waals surface area contributed by atoms with Gasteiger partial charge in [-0.1, -0.05) is 28.1 Å². The van der Waals surface area contributed by atoms with Gasteiger partial charge in [0.15, 0.2) is 0 Å². The quantitative estimate of drug-likeness (QED) is 0.834. The minimum atomic E-state index is 0.0133. The monoisotopic (exact) mass is 332 g/mol. The number of anilines is 2. The molecule has 3 N–H and O–H groups in total. The summed E-state index contributed by atoms with van der Waals surface area (Å²) in [7, 11) is 0. The predicted molar refractivity (Wildman–Crippen MR) is 86.7 cm³/mol. The average Bonchev–Trinajstić information content (AvgIpc) is 2.37. The van der Waals surface area contributed by atoms with Crippen LogP contribution in [0.5, 0.6) is 0 Å². The van der Waals surface area contributed by atoms with Crippen molar-refractivity contribution in [2.75, 3.05) is 11.1 Å². The third-order valence-corrected chi connectivity index (χ3v) is 3.40. The Morgan fingerprint density at radius 2 is 1.90 bits per heavy atom. The maximum atomic E-state index is 11.9. The first-order valence-electron chi connectivity index (χ1n) is 6.44. The van der Waals surface area contributed by atoms with Crippen LogP contribution in [-0.4, -0.2) is 5.91 Å². The van der Waals surface area contributed by atoms with Crippen LogP contribution in [0, 0.1) is 6.92 Å². The van der Waals surface area contributed by atoms with Gasteiger partial charge < -0.3 is 11.1 Å². The Morgan fingerprint density at radius 1 is 1.20 bits per heavy atom. The summed E-state index contributed by atoms with van der Waals surface area (Å²) in [5.41, 5.74) is 9.40. The summed E-state index contributed by atoms with van der Waals surface area (Å²) in [4.78, 5) is 11.9. The fourth-order valence-corrected chi connectivity index (χ4v) is 2.58. The van der Waals surface area contributed by atoms with Gasteiger partial charge in [0.05, 0.1) is 0 Å². The first kappa shape index (κ1) is 14.6. The molecule has 2 aromatic rings. The number of rotatable bonds is 4. The zero-order valence-corrected chi connectivity index (χ0v) is 12.9. The third kappa shape index (κ3) is 4.38. The number of nitrogens with one attached hydrogen (secondary N) is 1. The van der Waals surface area contributed by atoms with Crippen molar-refractivity contribution in [2.45, 2.75) is 19.8 Å². The molecule has 0 saturated carbocycles. The van der Waals surface area contributed by atoms with Crippen molar-refractivity contribution < 1.29 is 4.79 Å². The van der Waals surface area contributed by atoms with Crippen LogP contribution in [0.1, 0.15) is 17.5 Å². The minimum Gasteiger partial charge on any atom is -0.399 e. The van der Waals surface area contributed by atoms with Crippen LogP contribution in [0.3, 0.4) is 0 Å². The van der Waals surface area contributed by atoms with Crippen molar-refractivity contribution in [1.29, 1.82) is 0 Å². The average molecular weight is 333 g/mol. The van der Waals surface area contributed by atoms with E-state index in [1.54, 1.807) is 0 Å². The number of nitrogen functional groups attached to an aromatic ring is 1. The second kappa shape index (κ2) is 6.57. The molecule has 2 aromatic carbocycles. The maximum absolute atomic E-state index is 11.9. The molecule has 0 aliphatic heterocycles. The second-order valence-electron chi connectivity index (χ2n) is 4.81. The maximum Gasteiger partial charge on any atom is 0.224 e. The highest BCUT2D eigenvalue weighted by molar-refractivity contribution is 9.10. The van der Waals surface area contributed by atoms with E-state index in [1.165, 1.54) is 0 Å². The molecule has 3 nitrogen and oxygen atoms in total. The van der Waals surface area contributed by atoms with Crippen molar-refractivity contribution in [3.05, 3.63) is 58.1 Å². The van der Waals surface area contributed by atoms with Gasteiger partial charge in [-0.25, -0.2) is 0 Å². The molecule has 0 spiro atoms. The molecule has 0 fully saturated rings. The highest BCUT2D eigenvalue weighted by atomic mass is 79.9. The summed E-state index contributed by atoms with van der Waals surface area (Å²) >= 11 is 3.42. The van der Waals surface area contributed by atoms with Gasteiger partial charge in [-0.15, -0.1) is 0 Å². The van der Waals surface area contributed by atoms with Crippen LogP contribution in [-0.2, 0) is 11.2 Å². The lowest BCUT2D eigenvalue weighted by Gasteiger charge is -2.07. The van der Waals surface area contributed by atoms with E-state index < -0.39 is 0 Å². The summed E-state index contributed by atoms with van der Waals surface area (Å²) < 4.78 is 0.964. The van der Waals surface area contributed by atoms with E-state index in [9.17, 15) is 4.79 Å². The van der Waals surface area contributed by atoms with Gasteiger partial charge in [-0.3, -0.25) is 4.79 Å². The molecule has 1 amide bonds. The molecule has 0 aliphatic carbocycles. The fraction of sp³-hybridized carbons (Fsp3) is 0.188. The Morgan fingerprint density at radius 3 is 2.55 bits per heavy atom. The summed E-state index contributed by atoms with van der Waals surface area (Å²) in [6, 6.07) is 13.5. The molecule has 20 heavy (non-hydrogen) atoms. The number of aryl methyl sites for hydroxylation is 2. The van der Waals surface area contributed by atoms with Gasteiger partial charge in [0, 0.05) is 22.3 Å². The van der Waals surface area contributed by atoms with Crippen molar-refractivity contribution in [3.63, 3.8) is 0 Å². The molecular formula is C16H17BrN2O. The molecule has 0 aliphatic rings. The van der Waals surface area contributed by atoms with Crippen molar-refractivity contribution in [1.82, 2.24) is 0 Å². The number of amides is 1. The summed E-state index contributed by atoms with van der Waals surface area (Å²) in [6.07, 6.45) is 1.16. The number of benzene rings is 2. The molecule has 2 rings (SSSR count). The van der Waals surface area contributed by atoms with Crippen LogP contribution < -0.4 is 11.1 Å². The molecule has 0 heterocycles. The van der Waals surface area contributed by atoms with Crippen LogP contribution in [0.15, 0.2) is 46.9 Å². The number of hydrogen-bond acceptors (Lipinski definition) is 2. The van der Waals surface area contributed by atoms with E-state index in [0.717, 1.165) is 27.0 Å². The molecule has 0 radical (unpaired) electrons. The molecule has 0 bridgehead atoms. The van der Waals surface area contributed by atoms with Gasteiger partial charge in [-0.05, 0) is 54.8 Å². The number of carbonyl (C=O) groups excluding carboxylic acids is 1. The van der Waals surface area contributed by atoms with Gasteiger partial charge in [0.25, 0.3) is 0 Å². The normalized spacial score (nSPS) is 10.3. The first-order valence-corrected chi connectivity index (χ1v) is 7.24.